The summed E-state index contributed by atoms with van der Waals surface area (Å²) in [6.07, 6.45) is 3.45. The van der Waals surface area contributed by atoms with E-state index in [4.69, 9.17) is 10.5 Å². The van der Waals surface area contributed by atoms with Gasteiger partial charge in [0.1, 0.15) is 5.60 Å². The summed E-state index contributed by atoms with van der Waals surface area (Å²) in [5.41, 5.74) is 5.25. The minimum absolute atomic E-state index is 0.155. The zero-order valence-corrected chi connectivity index (χ0v) is 10.8. The molecule has 0 unspecified atom stereocenters. The van der Waals surface area contributed by atoms with Crippen LogP contribution in [0.4, 0.5) is 4.79 Å². The zero-order valence-electron chi connectivity index (χ0n) is 10.8. The second-order valence-corrected chi connectivity index (χ2v) is 6.02. The molecule has 94 valence electrons. The highest BCUT2D eigenvalue weighted by atomic mass is 16.6. The maximum atomic E-state index is 11.6. The van der Waals surface area contributed by atoms with Crippen LogP contribution in [-0.2, 0) is 4.74 Å². The Morgan fingerprint density at radius 2 is 1.88 bits per heavy atom. The Morgan fingerprint density at radius 3 is 2.31 bits per heavy atom. The summed E-state index contributed by atoms with van der Waals surface area (Å²) in [7, 11) is 0. The number of alkyl carbamates (subject to hydrolysis) is 1. The van der Waals surface area contributed by atoms with E-state index in [1.54, 1.807) is 0 Å². The van der Waals surface area contributed by atoms with Crippen molar-refractivity contribution in [3.05, 3.63) is 0 Å². The van der Waals surface area contributed by atoms with Gasteiger partial charge in [0.05, 0.1) is 0 Å². The van der Waals surface area contributed by atoms with Gasteiger partial charge < -0.3 is 15.8 Å². The van der Waals surface area contributed by atoms with Gasteiger partial charge in [-0.15, -0.1) is 0 Å². The molecule has 1 saturated carbocycles. The molecular weight excluding hydrogens is 204 g/mol. The van der Waals surface area contributed by atoms with Crippen molar-refractivity contribution in [1.82, 2.24) is 5.32 Å². The summed E-state index contributed by atoms with van der Waals surface area (Å²) in [5, 5.41) is 2.96. The molecule has 1 fully saturated rings. The van der Waals surface area contributed by atoms with E-state index in [1.807, 2.05) is 20.8 Å². The minimum Gasteiger partial charge on any atom is -0.444 e. The van der Waals surface area contributed by atoms with E-state index in [0.29, 0.717) is 0 Å². The Kier molecular flexibility index (Phi) is 3.84. The molecule has 0 heterocycles. The number of hydrogen-bond acceptors (Lipinski definition) is 3. The van der Waals surface area contributed by atoms with Gasteiger partial charge in [0.2, 0.25) is 0 Å². The Labute approximate surface area is 97.9 Å². The molecular formula is C12H24N2O2. The number of hydrogen-bond donors (Lipinski definition) is 2. The molecule has 0 bridgehead atoms. The Hall–Kier alpha value is -0.770. The number of ether oxygens (including phenoxy) is 1. The number of rotatable bonds is 1. The number of amides is 1. The van der Waals surface area contributed by atoms with Crippen LogP contribution in [0.1, 0.15) is 53.4 Å². The lowest BCUT2D eigenvalue weighted by molar-refractivity contribution is 0.0435. The zero-order chi connectivity index (χ0) is 12.4. The lowest BCUT2D eigenvalue weighted by Crippen LogP contribution is -2.51. The highest BCUT2D eigenvalue weighted by molar-refractivity contribution is 5.68. The first kappa shape index (κ1) is 13.3. The molecule has 1 rings (SSSR count). The van der Waals surface area contributed by atoms with Crippen molar-refractivity contribution in [2.45, 2.75) is 70.6 Å². The second-order valence-electron chi connectivity index (χ2n) is 6.02. The van der Waals surface area contributed by atoms with E-state index in [-0.39, 0.29) is 17.7 Å². The molecule has 0 saturated heterocycles. The molecule has 0 aromatic rings. The van der Waals surface area contributed by atoms with E-state index in [2.05, 4.69) is 12.2 Å². The van der Waals surface area contributed by atoms with Gasteiger partial charge in [-0.05, 0) is 53.4 Å². The number of carbonyl (C=O) groups is 1. The largest absolute Gasteiger partial charge is 0.444 e. The quantitative estimate of drug-likeness (QED) is 0.723. The van der Waals surface area contributed by atoms with Crippen molar-refractivity contribution in [1.29, 1.82) is 0 Å². The first-order valence-electron chi connectivity index (χ1n) is 5.97. The Bertz CT molecular complexity index is 250. The Morgan fingerprint density at radius 1 is 1.38 bits per heavy atom. The molecule has 4 nitrogen and oxygen atoms in total. The molecule has 0 aliphatic heterocycles. The fourth-order valence-corrected chi connectivity index (χ4v) is 1.95. The highest BCUT2D eigenvalue weighted by Gasteiger charge is 2.32. The van der Waals surface area contributed by atoms with Crippen LogP contribution in [0.25, 0.3) is 0 Å². The summed E-state index contributed by atoms with van der Waals surface area (Å²) in [6, 6.07) is 0.286. The summed E-state index contributed by atoms with van der Waals surface area (Å²) in [4.78, 5) is 11.6. The molecule has 1 aliphatic rings. The van der Waals surface area contributed by atoms with Gasteiger partial charge in [0.15, 0.2) is 0 Å². The van der Waals surface area contributed by atoms with Crippen LogP contribution in [-0.4, -0.2) is 23.3 Å². The van der Waals surface area contributed by atoms with Gasteiger partial charge in [-0.1, -0.05) is 0 Å². The molecule has 0 radical (unpaired) electrons. The van der Waals surface area contributed by atoms with Crippen molar-refractivity contribution >= 4 is 6.09 Å². The smallest absolute Gasteiger partial charge is 0.408 e. The average molecular weight is 228 g/mol. The molecule has 4 heteroatoms. The first-order chi connectivity index (χ1) is 7.20. The molecule has 1 amide bonds. The van der Waals surface area contributed by atoms with Gasteiger partial charge in [-0.3, -0.25) is 0 Å². The third kappa shape index (κ3) is 4.39. The Balaban J connectivity index is 2.44. The molecule has 0 spiro atoms. The van der Waals surface area contributed by atoms with Crippen LogP contribution in [0.15, 0.2) is 0 Å². The topological polar surface area (TPSA) is 64.3 Å². The maximum Gasteiger partial charge on any atom is 0.408 e. The standard InChI is InChI=1S/C12H24N2O2/c1-11(2,3)16-10(15)14-12(4)7-5-9(13)6-8-12/h9H,5-8,13H2,1-4H3,(H,14,15)/t9-,12-. The third-order valence-electron chi connectivity index (χ3n) is 2.94. The summed E-state index contributed by atoms with van der Waals surface area (Å²) >= 11 is 0. The van der Waals surface area contributed by atoms with E-state index in [9.17, 15) is 4.79 Å². The van der Waals surface area contributed by atoms with E-state index in [1.165, 1.54) is 0 Å². The second kappa shape index (κ2) is 4.62. The SMILES string of the molecule is CC(C)(C)OC(=O)N[C@]1(C)CC[C@@H](N)CC1. The maximum absolute atomic E-state index is 11.6. The normalized spacial score (nSPS) is 30.9. The fourth-order valence-electron chi connectivity index (χ4n) is 1.95. The number of nitrogens with one attached hydrogen (secondary N) is 1. The van der Waals surface area contributed by atoms with E-state index >= 15 is 0 Å². The summed E-state index contributed by atoms with van der Waals surface area (Å²) in [6.45, 7) is 7.66. The predicted octanol–water partition coefficient (Wildman–Crippen LogP) is 2.17. The summed E-state index contributed by atoms with van der Waals surface area (Å²) < 4.78 is 5.25. The monoisotopic (exact) mass is 228 g/mol. The van der Waals surface area contributed by atoms with E-state index < -0.39 is 5.60 Å². The van der Waals surface area contributed by atoms with Gasteiger partial charge in [0, 0.05) is 11.6 Å². The fraction of sp³-hybridized carbons (Fsp3) is 0.917. The predicted molar refractivity (Wildman–Crippen MR) is 64.2 cm³/mol. The number of nitrogens with two attached hydrogens (primary N) is 1. The van der Waals surface area contributed by atoms with Gasteiger partial charge in [-0.2, -0.15) is 0 Å². The molecule has 16 heavy (non-hydrogen) atoms. The molecule has 3 N–H and O–H groups in total. The van der Waals surface area contributed by atoms with Gasteiger partial charge in [-0.25, -0.2) is 4.79 Å². The molecule has 0 aromatic heterocycles. The van der Waals surface area contributed by atoms with Crippen LogP contribution in [0, 0.1) is 0 Å². The van der Waals surface area contributed by atoms with Crippen LogP contribution in [0.5, 0.6) is 0 Å². The third-order valence-corrected chi connectivity index (χ3v) is 2.94. The first-order valence-corrected chi connectivity index (χ1v) is 5.97. The van der Waals surface area contributed by atoms with Crippen LogP contribution in [0.3, 0.4) is 0 Å². The lowest BCUT2D eigenvalue weighted by atomic mass is 9.81. The van der Waals surface area contributed by atoms with Crippen LogP contribution in [0.2, 0.25) is 0 Å². The van der Waals surface area contributed by atoms with E-state index in [0.717, 1.165) is 25.7 Å². The lowest BCUT2D eigenvalue weighted by Gasteiger charge is -2.37. The molecule has 0 atom stereocenters. The van der Waals surface area contributed by atoms with Crippen molar-refractivity contribution in [2.24, 2.45) is 5.73 Å². The van der Waals surface area contributed by atoms with Crippen molar-refractivity contribution in [2.75, 3.05) is 0 Å². The minimum atomic E-state index is -0.439. The van der Waals surface area contributed by atoms with Crippen molar-refractivity contribution in [3.63, 3.8) is 0 Å². The van der Waals surface area contributed by atoms with Crippen molar-refractivity contribution < 1.29 is 9.53 Å². The van der Waals surface area contributed by atoms with Crippen LogP contribution >= 0.6 is 0 Å². The molecule has 0 aromatic carbocycles. The van der Waals surface area contributed by atoms with Crippen molar-refractivity contribution in [3.8, 4) is 0 Å². The van der Waals surface area contributed by atoms with Gasteiger partial charge >= 0.3 is 6.09 Å². The highest BCUT2D eigenvalue weighted by Crippen LogP contribution is 2.27. The number of carbonyl (C=O) groups excluding carboxylic acids is 1. The summed E-state index contributed by atoms with van der Waals surface area (Å²) in [5.74, 6) is 0. The van der Waals surface area contributed by atoms with Gasteiger partial charge in [0.25, 0.3) is 0 Å². The molecule has 1 aliphatic carbocycles. The average Bonchev–Trinajstić information content (AvgIpc) is 2.07. The van der Waals surface area contributed by atoms with Crippen LogP contribution < -0.4 is 11.1 Å².